The van der Waals surface area contributed by atoms with Gasteiger partial charge < -0.3 is 5.11 Å². The van der Waals surface area contributed by atoms with E-state index < -0.39 is 0 Å². The molecule has 0 radical (unpaired) electrons. The molecule has 1 unspecified atom stereocenters. The molecule has 0 aromatic rings. The van der Waals surface area contributed by atoms with Gasteiger partial charge in [-0.1, -0.05) is 27.7 Å². The first-order valence-corrected chi connectivity index (χ1v) is 7.02. The third kappa shape index (κ3) is 1.11. The Morgan fingerprint density at radius 3 is 2.44 bits per heavy atom. The van der Waals surface area contributed by atoms with Crippen molar-refractivity contribution in [1.29, 1.82) is 0 Å². The van der Waals surface area contributed by atoms with Crippen LogP contribution in [0.4, 0.5) is 0 Å². The van der Waals surface area contributed by atoms with E-state index in [1.54, 1.807) is 0 Å². The second-order valence-electron chi connectivity index (χ2n) is 7.87. The van der Waals surface area contributed by atoms with E-state index >= 15 is 0 Å². The van der Waals surface area contributed by atoms with Gasteiger partial charge in [0.05, 0.1) is 5.60 Å². The van der Waals surface area contributed by atoms with Gasteiger partial charge in [-0.15, -0.1) is 0 Å². The van der Waals surface area contributed by atoms with Crippen molar-refractivity contribution in [2.45, 2.75) is 65.4 Å². The molecule has 1 heteroatoms. The molecule has 0 heterocycles. The molecular weight excluding hydrogens is 196 g/mol. The fraction of sp³-hybridized carbons (Fsp3) is 1.00. The second kappa shape index (κ2) is 2.85. The van der Waals surface area contributed by atoms with Crippen molar-refractivity contribution in [3.63, 3.8) is 0 Å². The first-order chi connectivity index (χ1) is 7.30. The van der Waals surface area contributed by atoms with Crippen molar-refractivity contribution in [2.75, 3.05) is 0 Å². The zero-order valence-electron chi connectivity index (χ0n) is 11.2. The molecule has 0 amide bonds. The van der Waals surface area contributed by atoms with Gasteiger partial charge in [0, 0.05) is 0 Å². The molecule has 92 valence electrons. The summed E-state index contributed by atoms with van der Waals surface area (Å²) in [7, 11) is 0. The molecule has 3 rings (SSSR count). The summed E-state index contributed by atoms with van der Waals surface area (Å²) in [6.07, 6.45) is 6.21. The summed E-state index contributed by atoms with van der Waals surface area (Å²) >= 11 is 0. The van der Waals surface area contributed by atoms with Gasteiger partial charge in [0.25, 0.3) is 0 Å². The summed E-state index contributed by atoms with van der Waals surface area (Å²) in [5, 5.41) is 11.1. The molecule has 0 aromatic carbocycles. The van der Waals surface area contributed by atoms with Gasteiger partial charge in [-0.3, -0.25) is 0 Å². The molecule has 0 aliphatic heterocycles. The first kappa shape index (κ1) is 11.1. The summed E-state index contributed by atoms with van der Waals surface area (Å²) in [4.78, 5) is 0. The van der Waals surface area contributed by atoms with Gasteiger partial charge >= 0.3 is 0 Å². The highest BCUT2D eigenvalue weighted by atomic mass is 16.3. The lowest BCUT2D eigenvalue weighted by atomic mass is 9.61. The minimum atomic E-state index is -0.328. The molecular formula is C15H26O. The quantitative estimate of drug-likeness (QED) is 0.664. The molecule has 5 atom stereocenters. The monoisotopic (exact) mass is 222 g/mol. The Bertz CT molecular complexity index is 321. The van der Waals surface area contributed by atoms with Crippen molar-refractivity contribution < 1.29 is 5.11 Å². The lowest BCUT2D eigenvalue weighted by Gasteiger charge is -2.47. The highest BCUT2D eigenvalue weighted by Crippen LogP contribution is 2.71. The topological polar surface area (TPSA) is 20.2 Å². The van der Waals surface area contributed by atoms with Gasteiger partial charge in [-0.2, -0.15) is 0 Å². The van der Waals surface area contributed by atoms with E-state index in [9.17, 15) is 5.11 Å². The molecule has 0 aromatic heterocycles. The Hall–Kier alpha value is -0.0400. The lowest BCUT2D eigenvalue weighted by molar-refractivity contribution is -0.110. The van der Waals surface area contributed by atoms with E-state index in [-0.39, 0.29) is 5.60 Å². The highest BCUT2D eigenvalue weighted by molar-refractivity contribution is 5.17. The average molecular weight is 222 g/mol. The second-order valence-corrected chi connectivity index (χ2v) is 7.87. The first-order valence-electron chi connectivity index (χ1n) is 7.02. The van der Waals surface area contributed by atoms with E-state index in [2.05, 4.69) is 27.7 Å². The summed E-state index contributed by atoms with van der Waals surface area (Å²) in [6, 6.07) is 0. The van der Waals surface area contributed by atoms with Crippen LogP contribution in [0, 0.1) is 28.6 Å². The van der Waals surface area contributed by atoms with Crippen molar-refractivity contribution >= 4 is 0 Å². The normalized spacial score (nSPS) is 58.7. The van der Waals surface area contributed by atoms with E-state index in [4.69, 9.17) is 0 Å². The molecule has 0 bridgehead atoms. The summed E-state index contributed by atoms with van der Waals surface area (Å²) in [5.41, 5.74) is 0.553. The molecule has 3 saturated carbocycles. The van der Waals surface area contributed by atoms with E-state index in [1.807, 2.05) is 0 Å². The molecule has 3 aliphatic rings. The number of aliphatic hydroxyl groups is 1. The van der Waals surface area contributed by atoms with Crippen molar-refractivity contribution in [1.82, 2.24) is 0 Å². The third-order valence-corrected chi connectivity index (χ3v) is 6.42. The largest absolute Gasteiger partial charge is 0.389 e. The van der Waals surface area contributed by atoms with Crippen LogP contribution in [-0.2, 0) is 0 Å². The van der Waals surface area contributed by atoms with Crippen molar-refractivity contribution in [3.05, 3.63) is 0 Å². The van der Waals surface area contributed by atoms with E-state index in [1.165, 1.54) is 25.7 Å². The maximum Gasteiger partial charge on any atom is 0.0709 e. The van der Waals surface area contributed by atoms with Gasteiger partial charge in [0.1, 0.15) is 0 Å². The third-order valence-electron chi connectivity index (χ3n) is 6.42. The van der Waals surface area contributed by atoms with Crippen LogP contribution in [0.25, 0.3) is 0 Å². The fourth-order valence-corrected chi connectivity index (χ4v) is 5.85. The number of hydrogen-bond acceptors (Lipinski definition) is 1. The smallest absolute Gasteiger partial charge is 0.0709 e. The van der Waals surface area contributed by atoms with Crippen LogP contribution in [-0.4, -0.2) is 10.7 Å². The van der Waals surface area contributed by atoms with Crippen LogP contribution in [0.1, 0.15) is 59.8 Å². The zero-order chi connectivity index (χ0) is 11.8. The van der Waals surface area contributed by atoms with Crippen LogP contribution in [0.3, 0.4) is 0 Å². The predicted molar refractivity (Wildman–Crippen MR) is 66.1 cm³/mol. The maximum atomic E-state index is 11.1. The highest BCUT2D eigenvalue weighted by Gasteiger charge is 2.67. The summed E-state index contributed by atoms with van der Waals surface area (Å²) < 4.78 is 0. The summed E-state index contributed by atoms with van der Waals surface area (Å²) in [6.45, 7) is 9.57. The molecule has 0 saturated heterocycles. The number of hydrogen-bond donors (Lipinski definition) is 1. The Labute approximate surface area is 99.6 Å². The SMILES string of the molecule is C[C@H]1CCC2[C@@H]3[C@@](C)(CC[C@@]31O)CC2(C)C. The van der Waals surface area contributed by atoms with Crippen LogP contribution in [0.2, 0.25) is 0 Å². The zero-order valence-corrected chi connectivity index (χ0v) is 11.2. The van der Waals surface area contributed by atoms with Gasteiger partial charge in [-0.05, 0) is 60.7 Å². The summed E-state index contributed by atoms with van der Waals surface area (Å²) in [5.74, 6) is 1.87. The molecule has 1 N–H and O–H groups in total. The van der Waals surface area contributed by atoms with E-state index in [0.717, 1.165) is 12.3 Å². The Kier molecular flexibility index (Phi) is 1.98. The maximum absolute atomic E-state index is 11.1. The Morgan fingerprint density at radius 1 is 1.06 bits per heavy atom. The van der Waals surface area contributed by atoms with Crippen LogP contribution >= 0.6 is 0 Å². The molecule has 3 fully saturated rings. The van der Waals surface area contributed by atoms with Crippen LogP contribution < -0.4 is 0 Å². The minimum Gasteiger partial charge on any atom is -0.389 e. The van der Waals surface area contributed by atoms with Gasteiger partial charge in [0.2, 0.25) is 0 Å². The molecule has 0 spiro atoms. The van der Waals surface area contributed by atoms with Crippen LogP contribution in [0.5, 0.6) is 0 Å². The van der Waals surface area contributed by atoms with Crippen LogP contribution in [0.15, 0.2) is 0 Å². The molecule has 3 aliphatic carbocycles. The van der Waals surface area contributed by atoms with Crippen molar-refractivity contribution in [3.8, 4) is 0 Å². The van der Waals surface area contributed by atoms with Gasteiger partial charge in [0.15, 0.2) is 0 Å². The molecule has 16 heavy (non-hydrogen) atoms. The molecule has 1 nitrogen and oxygen atoms in total. The predicted octanol–water partition coefficient (Wildman–Crippen LogP) is 3.61. The average Bonchev–Trinajstić information content (AvgIpc) is 2.53. The minimum absolute atomic E-state index is 0.328. The number of rotatable bonds is 0. The standard InChI is InChI=1S/C15H26O/c1-10-5-6-11-12-14(4,9-13(11,2)3)7-8-15(10,12)16/h10-12,16H,5-9H2,1-4H3/t10-,11?,12+,14-,15-/m0/s1. The lowest BCUT2D eigenvalue weighted by Crippen LogP contribution is -2.49. The fourth-order valence-electron chi connectivity index (χ4n) is 5.85. The van der Waals surface area contributed by atoms with Crippen molar-refractivity contribution in [2.24, 2.45) is 28.6 Å². The Balaban J connectivity index is 2.07. The van der Waals surface area contributed by atoms with E-state index in [0.29, 0.717) is 22.7 Å². The van der Waals surface area contributed by atoms with Gasteiger partial charge in [-0.25, -0.2) is 0 Å². The Morgan fingerprint density at radius 2 is 1.75 bits per heavy atom.